The predicted molar refractivity (Wildman–Crippen MR) is 103 cm³/mol. The van der Waals surface area contributed by atoms with Gasteiger partial charge in [0.15, 0.2) is 5.82 Å². The lowest BCUT2D eigenvalue weighted by atomic mass is 10.2. The van der Waals surface area contributed by atoms with E-state index >= 15 is 0 Å². The molecule has 2 aromatic carbocycles. The van der Waals surface area contributed by atoms with Crippen LogP contribution in [0.25, 0.3) is 11.4 Å². The first kappa shape index (κ1) is 19.0. The maximum absolute atomic E-state index is 13.7. The zero-order valence-electron chi connectivity index (χ0n) is 14.1. The summed E-state index contributed by atoms with van der Waals surface area (Å²) in [5.41, 5.74) is 0.768. The van der Waals surface area contributed by atoms with Crippen LogP contribution in [0, 0.1) is 5.82 Å². The number of halogens is 2. The number of amides is 1. The summed E-state index contributed by atoms with van der Waals surface area (Å²) in [6.07, 6.45) is 0. The molecule has 0 aliphatic rings. The number of nitrogens with two attached hydrogens (primary N) is 1. The maximum atomic E-state index is 13.7. The standard InChI is InChI=1S/C17H15ClFN5O2S/c1-26-12-5-2-10(3-6-12)16-22-23-17(24(16)20)27-9-15(25)21-14-8-11(18)4-7-13(14)19/h2-8H,9,20H2,1H3,(H,21,25). The van der Waals surface area contributed by atoms with Gasteiger partial charge in [-0.2, -0.15) is 0 Å². The first-order valence-electron chi connectivity index (χ1n) is 7.70. The number of ether oxygens (including phenoxy) is 1. The molecular formula is C17H15ClFN5O2S. The summed E-state index contributed by atoms with van der Waals surface area (Å²) >= 11 is 6.88. The van der Waals surface area contributed by atoms with Crippen molar-refractivity contribution < 1.29 is 13.9 Å². The molecule has 3 aromatic rings. The normalized spacial score (nSPS) is 10.6. The topological polar surface area (TPSA) is 95.1 Å². The van der Waals surface area contributed by atoms with Gasteiger partial charge >= 0.3 is 0 Å². The Morgan fingerprint density at radius 3 is 2.74 bits per heavy atom. The molecule has 0 saturated heterocycles. The highest BCUT2D eigenvalue weighted by molar-refractivity contribution is 7.99. The van der Waals surface area contributed by atoms with Gasteiger partial charge in [0.1, 0.15) is 11.6 Å². The molecule has 0 aliphatic carbocycles. The van der Waals surface area contributed by atoms with Crippen molar-refractivity contribution in [2.24, 2.45) is 0 Å². The van der Waals surface area contributed by atoms with E-state index in [4.69, 9.17) is 22.2 Å². The highest BCUT2D eigenvalue weighted by atomic mass is 35.5. The molecule has 140 valence electrons. The van der Waals surface area contributed by atoms with Crippen molar-refractivity contribution >= 4 is 35.0 Å². The molecule has 0 aliphatic heterocycles. The summed E-state index contributed by atoms with van der Waals surface area (Å²) in [5, 5.41) is 11.2. The van der Waals surface area contributed by atoms with Gasteiger partial charge in [-0.3, -0.25) is 4.79 Å². The number of benzene rings is 2. The Labute approximate surface area is 163 Å². The van der Waals surface area contributed by atoms with Crippen LogP contribution in [0.1, 0.15) is 0 Å². The van der Waals surface area contributed by atoms with Crippen molar-refractivity contribution in [2.45, 2.75) is 5.16 Å². The number of anilines is 1. The molecule has 0 spiro atoms. The van der Waals surface area contributed by atoms with Crippen molar-refractivity contribution in [2.75, 3.05) is 24.0 Å². The number of thioether (sulfide) groups is 1. The number of aromatic nitrogens is 3. The van der Waals surface area contributed by atoms with Gasteiger partial charge in [-0.25, -0.2) is 9.07 Å². The molecule has 0 fully saturated rings. The number of carbonyl (C=O) groups is 1. The van der Waals surface area contributed by atoms with E-state index in [1.54, 1.807) is 31.4 Å². The van der Waals surface area contributed by atoms with Crippen LogP contribution < -0.4 is 15.9 Å². The average molecular weight is 408 g/mol. The van der Waals surface area contributed by atoms with E-state index in [-0.39, 0.29) is 11.4 Å². The first-order valence-corrected chi connectivity index (χ1v) is 9.07. The summed E-state index contributed by atoms with van der Waals surface area (Å²) in [4.78, 5) is 12.1. The van der Waals surface area contributed by atoms with E-state index in [1.807, 2.05) is 0 Å². The summed E-state index contributed by atoms with van der Waals surface area (Å²) in [6, 6.07) is 11.1. The van der Waals surface area contributed by atoms with Crippen molar-refractivity contribution in [3.8, 4) is 17.1 Å². The van der Waals surface area contributed by atoms with Gasteiger partial charge in [0.25, 0.3) is 0 Å². The Balaban J connectivity index is 1.65. The SMILES string of the molecule is COc1ccc(-c2nnc(SCC(=O)Nc3cc(Cl)ccc3F)n2N)cc1. The summed E-state index contributed by atoms with van der Waals surface area (Å²) < 4.78 is 20.1. The molecule has 7 nitrogen and oxygen atoms in total. The molecule has 27 heavy (non-hydrogen) atoms. The van der Waals surface area contributed by atoms with Crippen LogP contribution in [-0.4, -0.2) is 33.6 Å². The number of nitrogens with one attached hydrogen (secondary N) is 1. The molecule has 1 aromatic heterocycles. The highest BCUT2D eigenvalue weighted by Gasteiger charge is 2.15. The Hall–Kier alpha value is -2.78. The van der Waals surface area contributed by atoms with Gasteiger partial charge in [-0.05, 0) is 42.5 Å². The average Bonchev–Trinajstić information content (AvgIpc) is 3.03. The number of carbonyl (C=O) groups excluding carboxylic acids is 1. The molecule has 0 unspecified atom stereocenters. The fourth-order valence-electron chi connectivity index (χ4n) is 2.22. The minimum absolute atomic E-state index is 0.0150. The van der Waals surface area contributed by atoms with Gasteiger partial charge in [-0.15, -0.1) is 10.2 Å². The number of methoxy groups -OCH3 is 1. The lowest BCUT2D eigenvalue weighted by Crippen LogP contribution is -2.17. The Morgan fingerprint density at radius 1 is 1.30 bits per heavy atom. The number of rotatable bonds is 6. The molecule has 0 saturated carbocycles. The molecule has 0 atom stereocenters. The smallest absolute Gasteiger partial charge is 0.234 e. The number of nitrogen functional groups attached to an aromatic ring is 1. The summed E-state index contributed by atoms with van der Waals surface area (Å²) in [6.45, 7) is 0. The van der Waals surface area contributed by atoms with Gasteiger partial charge in [0.2, 0.25) is 11.1 Å². The molecule has 1 heterocycles. The lowest BCUT2D eigenvalue weighted by molar-refractivity contribution is -0.113. The molecule has 0 bridgehead atoms. The lowest BCUT2D eigenvalue weighted by Gasteiger charge is -2.07. The number of nitrogens with zero attached hydrogens (tertiary/aromatic N) is 3. The van der Waals surface area contributed by atoms with E-state index in [9.17, 15) is 9.18 Å². The van der Waals surface area contributed by atoms with Crippen LogP contribution in [0.4, 0.5) is 10.1 Å². The number of hydrogen-bond acceptors (Lipinski definition) is 6. The quantitative estimate of drug-likeness (QED) is 0.481. The minimum atomic E-state index is -0.568. The largest absolute Gasteiger partial charge is 0.497 e. The zero-order valence-corrected chi connectivity index (χ0v) is 15.7. The van der Waals surface area contributed by atoms with Gasteiger partial charge < -0.3 is 15.9 Å². The molecular weight excluding hydrogens is 393 g/mol. The molecule has 3 N–H and O–H groups in total. The number of hydrogen-bond donors (Lipinski definition) is 2. The van der Waals surface area contributed by atoms with E-state index in [1.165, 1.54) is 22.9 Å². The fraction of sp³-hybridized carbons (Fsp3) is 0.118. The molecule has 3 rings (SSSR count). The second-order valence-electron chi connectivity index (χ2n) is 5.37. The van der Waals surface area contributed by atoms with Crippen LogP contribution in [-0.2, 0) is 4.79 Å². The second-order valence-corrected chi connectivity index (χ2v) is 6.74. The highest BCUT2D eigenvalue weighted by Crippen LogP contribution is 2.24. The van der Waals surface area contributed by atoms with Crippen LogP contribution in [0.2, 0.25) is 5.02 Å². The van der Waals surface area contributed by atoms with Gasteiger partial charge in [0.05, 0.1) is 18.6 Å². The Bertz CT molecular complexity index is 964. The van der Waals surface area contributed by atoms with Crippen molar-refractivity contribution in [3.63, 3.8) is 0 Å². The minimum Gasteiger partial charge on any atom is -0.497 e. The van der Waals surface area contributed by atoms with Crippen LogP contribution in [0.3, 0.4) is 0 Å². The second kappa shape index (κ2) is 8.28. The maximum Gasteiger partial charge on any atom is 0.234 e. The third-order valence-electron chi connectivity index (χ3n) is 3.55. The van der Waals surface area contributed by atoms with E-state index in [0.29, 0.717) is 21.8 Å². The predicted octanol–water partition coefficient (Wildman–Crippen LogP) is 3.19. The third kappa shape index (κ3) is 4.50. The van der Waals surface area contributed by atoms with Crippen LogP contribution in [0.15, 0.2) is 47.6 Å². The fourth-order valence-corrected chi connectivity index (χ4v) is 3.05. The van der Waals surface area contributed by atoms with E-state index < -0.39 is 11.7 Å². The van der Waals surface area contributed by atoms with Crippen LogP contribution in [0.5, 0.6) is 5.75 Å². The van der Waals surface area contributed by atoms with E-state index in [0.717, 1.165) is 17.3 Å². The molecule has 10 heteroatoms. The first-order chi connectivity index (χ1) is 13.0. The Kier molecular flexibility index (Phi) is 5.82. The molecule has 0 radical (unpaired) electrons. The summed E-state index contributed by atoms with van der Waals surface area (Å²) in [5.74, 6) is 6.16. The zero-order chi connectivity index (χ0) is 19.4. The van der Waals surface area contributed by atoms with Crippen molar-refractivity contribution in [1.29, 1.82) is 0 Å². The van der Waals surface area contributed by atoms with Crippen molar-refractivity contribution in [3.05, 3.63) is 53.3 Å². The Morgan fingerprint density at radius 2 is 2.04 bits per heavy atom. The summed E-state index contributed by atoms with van der Waals surface area (Å²) in [7, 11) is 1.58. The monoisotopic (exact) mass is 407 g/mol. The van der Waals surface area contributed by atoms with E-state index in [2.05, 4.69) is 15.5 Å². The molecule has 1 amide bonds. The van der Waals surface area contributed by atoms with Crippen LogP contribution >= 0.6 is 23.4 Å². The van der Waals surface area contributed by atoms with Gasteiger partial charge in [0, 0.05) is 10.6 Å². The van der Waals surface area contributed by atoms with Gasteiger partial charge in [-0.1, -0.05) is 23.4 Å². The third-order valence-corrected chi connectivity index (χ3v) is 4.73. The van der Waals surface area contributed by atoms with Crippen molar-refractivity contribution in [1.82, 2.24) is 14.9 Å².